The molecule has 27 heavy (non-hydrogen) atoms. The Bertz CT molecular complexity index is 750. The number of aryl methyl sites for hydroxylation is 1. The largest absolute Gasteiger partial charge is 0.350 e. The van der Waals surface area contributed by atoms with E-state index in [2.05, 4.69) is 15.5 Å². The molecule has 1 heterocycles. The van der Waals surface area contributed by atoms with Gasteiger partial charge in [0.2, 0.25) is 23.5 Å². The van der Waals surface area contributed by atoms with Gasteiger partial charge in [0.25, 0.3) is 0 Å². The molecule has 0 saturated heterocycles. The molecule has 0 unspecified atom stereocenters. The third kappa shape index (κ3) is 6.84. The van der Waals surface area contributed by atoms with E-state index in [1.807, 2.05) is 58.0 Å². The van der Waals surface area contributed by atoms with Gasteiger partial charge >= 0.3 is 0 Å². The van der Waals surface area contributed by atoms with E-state index in [1.165, 1.54) is 0 Å². The van der Waals surface area contributed by atoms with Gasteiger partial charge in [-0.2, -0.15) is 4.98 Å². The maximum Gasteiger partial charge on any atom is 0.240 e. The molecule has 2 amide bonds. The first kappa shape index (κ1) is 20.6. The molecule has 0 aliphatic rings. The summed E-state index contributed by atoms with van der Waals surface area (Å²) in [5.74, 6) is 0.854. The van der Waals surface area contributed by atoms with Crippen molar-refractivity contribution in [3.05, 3.63) is 36.2 Å². The van der Waals surface area contributed by atoms with Gasteiger partial charge in [0.1, 0.15) is 0 Å². The average molecular weight is 372 g/mol. The van der Waals surface area contributed by atoms with Crippen molar-refractivity contribution in [1.82, 2.24) is 20.4 Å². The molecule has 0 fully saturated rings. The molecule has 0 bridgehead atoms. The molecule has 0 spiro atoms. The molecule has 7 nitrogen and oxygen atoms in total. The maximum absolute atomic E-state index is 12.4. The second kappa shape index (κ2) is 9.30. The number of benzene rings is 1. The lowest BCUT2D eigenvalue weighted by Gasteiger charge is -2.25. The van der Waals surface area contributed by atoms with Gasteiger partial charge in [-0.1, -0.05) is 35.5 Å². The minimum atomic E-state index is -0.312. The minimum absolute atomic E-state index is 0.0515. The van der Waals surface area contributed by atoms with E-state index in [9.17, 15) is 9.59 Å². The van der Waals surface area contributed by atoms with Gasteiger partial charge < -0.3 is 14.7 Å². The first-order valence-corrected chi connectivity index (χ1v) is 9.25. The fraction of sp³-hybridized carbons (Fsp3) is 0.500. The van der Waals surface area contributed by atoms with Crippen LogP contribution in [0.25, 0.3) is 11.4 Å². The van der Waals surface area contributed by atoms with Gasteiger partial charge in [-0.25, -0.2) is 0 Å². The molecule has 0 aliphatic carbocycles. The van der Waals surface area contributed by atoms with Crippen LogP contribution in [0, 0.1) is 0 Å². The zero-order valence-electron chi connectivity index (χ0n) is 16.5. The number of likely N-dealkylation sites (N-methyl/N-ethyl adjacent to an activating group) is 1. The van der Waals surface area contributed by atoms with Crippen molar-refractivity contribution in [2.45, 2.75) is 52.5 Å². The van der Waals surface area contributed by atoms with E-state index in [1.54, 1.807) is 4.90 Å². The zero-order valence-corrected chi connectivity index (χ0v) is 16.5. The second-order valence-corrected chi connectivity index (χ2v) is 7.44. The number of aromatic nitrogens is 2. The van der Waals surface area contributed by atoms with Gasteiger partial charge in [0, 0.05) is 30.5 Å². The zero-order chi connectivity index (χ0) is 19.9. The lowest BCUT2D eigenvalue weighted by Crippen LogP contribution is -2.47. The van der Waals surface area contributed by atoms with Crippen molar-refractivity contribution in [3.63, 3.8) is 0 Å². The quantitative estimate of drug-likeness (QED) is 0.770. The Morgan fingerprint density at radius 2 is 1.89 bits per heavy atom. The van der Waals surface area contributed by atoms with Gasteiger partial charge in [-0.3, -0.25) is 9.59 Å². The SMILES string of the molecule is CCN(CC(=O)NC(C)(C)C)C(=O)CCCc1nc(-c2ccccc2)no1. The van der Waals surface area contributed by atoms with Gasteiger partial charge in [0.15, 0.2) is 0 Å². The second-order valence-electron chi connectivity index (χ2n) is 7.44. The van der Waals surface area contributed by atoms with E-state index >= 15 is 0 Å². The normalized spacial score (nSPS) is 11.3. The Kier molecular flexibility index (Phi) is 7.10. The van der Waals surface area contributed by atoms with Crippen LogP contribution in [0.3, 0.4) is 0 Å². The van der Waals surface area contributed by atoms with Crippen LogP contribution in [0.1, 0.15) is 46.4 Å². The van der Waals surface area contributed by atoms with Crippen LogP contribution in [0.15, 0.2) is 34.9 Å². The highest BCUT2D eigenvalue weighted by Gasteiger charge is 2.19. The van der Waals surface area contributed by atoms with E-state index in [4.69, 9.17) is 4.52 Å². The molecule has 7 heteroatoms. The minimum Gasteiger partial charge on any atom is -0.350 e. The molecular formula is C20H28N4O3. The van der Waals surface area contributed by atoms with Crippen LogP contribution in [0.5, 0.6) is 0 Å². The molecule has 2 aromatic rings. The van der Waals surface area contributed by atoms with E-state index < -0.39 is 0 Å². The van der Waals surface area contributed by atoms with Gasteiger partial charge in [-0.05, 0) is 34.1 Å². The number of nitrogens with one attached hydrogen (secondary N) is 1. The molecule has 1 aromatic heterocycles. The third-order valence-electron chi connectivity index (χ3n) is 3.86. The summed E-state index contributed by atoms with van der Waals surface area (Å²) in [6.45, 7) is 8.18. The third-order valence-corrected chi connectivity index (χ3v) is 3.86. The summed E-state index contributed by atoms with van der Waals surface area (Å²) >= 11 is 0. The molecule has 0 radical (unpaired) electrons. The maximum atomic E-state index is 12.4. The number of carbonyl (C=O) groups excluding carboxylic acids is 2. The first-order chi connectivity index (χ1) is 12.8. The number of hydrogen-bond donors (Lipinski definition) is 1. The highest BCUT2D eigenvalue weighted by molar-refractivity contribution is 5.85. The summed E-state index contributed by atoms with van der Waals surface area (Å²) in [6, 6.07) is 9.59. The molecule has 0 aliphatic heterocycles. The van der Waals surface area contributed by atoms with Crippen LogP contribution in [-0.4, -0.2) is 45.5 Å². The Balaban J connectivity index is 1.81. The summed E-state index contributed by atoms with van der Waals surface area (Å²) < 4.78 is 5.26. The molecule has 2 rings (SSSR count). The van der Waals surface area contributed by atoms with Crippen molar-refractivity contribution < 1.29 is 14.1 Å². The standard InChI is InChI=1S/C20H28N4O3/c1-5-24(14-16(25)22-20(2,3)4)18(26)13-9-12-17-21-19(23-27-17)15-10-7-6-8-11-15/h6-8,10-11H,5,9,12-14H2,1-4H3,(H,22,25). The predicted molar refractivity (Wildman–Crippen MR) is 103 cm³/mol. The Morgan fingerprint density at radius 3 is 2.52 bits per heavy atom. The van der Waals surface area contributed by atoms with Crippen molar-refractivity contribution >= 4 is 11.8 Å². The number of carbonyl (C=O) groups is 2. The summed E-state index contributed by atoms with van der Waals surface area (Å²) in [4.78, 5) is 30.3. The highest BCUT2D eigenvalue weighted by Crippen LogP contribution is 2.15. The van der Waals surface area contributed by atoms with Crippen LogP contribution in [-0.2, 0) is 16.0 Å². The molecular weight excluding hydrogens is 344 g/mol. The van der Waals surface area contributed by atoms with Gasteiger partial charge in [-0.15, -0.1) is 0 Å². The molecule has 0 saturated carbocycles. The monoisotopic (exact) mass is 372 g/mol. The summed E-state index contributed by atoms with van der Waals surface area (Å²) in [5, 5.41) is 6.85. The van der Waals surface area contributed by atoms with Crippen molar-refractivity contribution in [2.24, 2.45) is 0 Å². The average Bonchev–Trinajstić information content (AvgIpc) is 3.07. The number of amides is 2. The summed E-state index contributed by atoms with van der Waals surface area (Å²) in [5.41, 5.74) is 0.583. The van der Waals surface area contributed by atoms with Crippen molar-refractivity contribution in [2.75, 3.05) is 13.1 Å². The summed E-state index contributed by atoms with van der Waals surface area (Å²) in [6.07, 6.45) is 1.45. The molecule has 146 valence electrons. The number of rotatable bonds is 8. The van der Waals surface area contributed by atoms with Gasteiger partial charge in [0.05, 0.1) is 6.54 Å². The predicted octanol–water partition coefficient (Wildman–Crippen LogP) is 2.82. The smallest absolute Gasteiger partial charge is 0.240 e. The van der Waals surface area contributed by atoms with Crippen LogP contribution < -0.4 is 5.32 Å². The van der Waals surface area contributed by atoms with Crippen LogP contribution >= 0.6 is 0 Å². The molecule has 1 aromatic carbocycles. The molecule has 0 atom stereocenters. The first-order valence-electron chi connectivity index (χ1n) is 9.25. The topological polar surface area (TPSA) is 88.3 Å². The van der Waals surface area contributed by atoms with E-state index in [0.717, 1.165) is 5.56 Å². The molecule has 1 N–H and O–H groups in total. The van der Waals surface area contributed by atoms with E-state index in [0.29, 0.717) is 37.5 Å². The Hall–Kier alpha value is -2.70. The van der Waals surface area contributed by atoms with Crippen molar-refractivity contribution in [3.8, 4) is 11.4 Å². The fourth-order valence-corrected chi connectivity index (χ4v) is 2.62. The number of nitrogens with zero attached hydrogens (tertiary/aromatic N) is 3. The van der Waals surface area contributed by atoms with Crippen LogP contribution in [0.2, 0.25) is 0 Å². The fourth-order valence-electron chi connectivity index (χ4n) is 2.62. The lowest BCUT2D eigenvalue weighted by molar-refractivity contribution is -0.136. The highest BCUT2D eigenvalue weighted by atomic mass is 16.5. The van der Waals surface area contributed by atoms with E-state index in [-0.39, 0.29) is 23.9 Å². The Morgan fingerprint density at radius 1 is 1.19 bits per heavy atom. The number of hydrogen-bond acceptors (Lipinski definition) is 5. The van der Waals surface area contributed by atoms with Crippen molar-refractivity contribution in [1.29, 1.82) is 0 Å². The Labute approximate surface area is 160 Å². The summed E-state index contributed by atoms with van der Waals surface area (Å²) in [7, 11) is 0. The lowest BCUT2D eigenvalue weighted by atomic mass is 10.1. The van der Waals surface area contributed by atoms with Crippen LogP contribution in [0.4, 0.5) is 0 Å².